The predicted octanol–water partition coefficient (Wildman–Crippen LogP) is 0.417. The average Bonchev–Trinajstić information content (AvgIpc) is 3.03. The van der Waals surface area contributed by atoms with Crippen molar-refractivity contribution in [3.63, 3.8) is 0 Å². The lowest BCUT2D eigenvalue weighted by atomic mass is 9.83. The molecule has 0 saturated heterocycles. The second-order valence-corrected chi connectivity index (χ2v) is 11.2. The Morgan fingerprint density at radius 1 is 0.825 bits per heavy atom. The summed E-state index contributed by atoms with van der Waals surface area (Å²) < 4.78 is 30.9. The number of aryl methyl sites for hydroxylation is 1. The zero-order valence-corrected chi connectivity index (χ0v) is 22.3. The van der Waals surface area contributed by atoms with Gasteiger partial charge in [-0.15, -0.1) is 0 Å². The molecule has 40 heavy (non-hydrogen) atoms. The third-order valence-corrected chi connectivity index (χ3v) is 8.35. The molecule has 14 nitrogen and oxygen atoms in total. The third-order valence-electron chi connectivity index (χ3n) is 6.52. The minimum Gasteiger partial charge on any atom is -0.507 e. The summed E-state index contributed by atoms with van der Waals surface area (Å²) in [7, 11) is -4.67. The molecule has 2 aromatic carbocycles. The van der Waals surface area contributed by atoms with E-state index in [1.807, 2.05) is 0 Å². The van der Waals surface area contributed by atoms with Crippen LogP contribution in [0.15, 0.2) is 30.3 Å². The van der Waals surface area contributed by atoms with Crippen molar-refractivity contribution in [2.24, 2.45) is 0 Å². The molecule has 1 aliphatic heterocycles. The number of fused-ring (bicyclic) bond motifs is 1. The van der Waals surface area contributed by atoms with Gasteiger partial charge in [-0.25, -0.2) is 0 Å². The number of phenolic OH excluding ortho intramolecular Hbond substituents is 1. The molecular weight excluding hydrogens is 552 g/mol. The molecule has 0 fully saturated rings. The van der Waals surface area contributed by atoms with Crippen LogP contribution < -0.4 is 4.18 Å². The number of carbonyl (C=O) groups is 4. The number of rotatable bonds is 13. The number of hydrogen-bond donors (Lipinski definition) is 5. The number of phenols is 1. The Bertz CT molecular complexity index is 1440. The van der Waals surface area contributed by atoms with Gasteiger partial charge in [-0.1, -0.05) is 24.3 Å². The van der Waals surface area contributed by atoms with E-state index in [2.05, 4.69) is 0 Å². The first-order valence-electron chi connectivity index (χ1n) is 11.8. The molecule has 15 heteroatoms. The van der Waals surface area contributed by atoms with Crippen molar-refractivity contribution in [3.8, 4) is 11.5 Å². The van der Waals surface area contributed by atoms with Gasteiger partial charge in [-0.05, 0) is 36.6 Å². The van der Waals surface area contributed by atoms with Crippen LogP contribution in [-0.2, 0) is 40.6 Å². The molecule has 5 N–H and O–H groups in total. The van der Waals surface area contributed by atoms with Gasteiger partial charge in [0.1, 0.15) is 11.5 Å². The van der Waals surface area contributed by atoms with E-state index < -0.39 is 78.0 Å². The summed E-state index contributed by atoms with van der Waals surface area (Å²) in [4.78, 5) is 47.9. The van der Waals surface area contributed by atoms with Crippen LogP contribution in [0.25, 0.3) is 0 Å². The number of nitrogens with zero attached hydrogens (tertiary/aromatic N) is 2. The largest absolute Gasteiger partial charge is 0.507 e. The number of carboxylic acid groups (broad SMARTS) is 4. The van der Waals surface area contributed by atoms with Crippen molar-refractivity contribution in [3.05, 3.63) is 58.1 Å². The van der Waals surface area contributed by atoms with Gasteiger partial charge in [0.25, 0.3) is 0 Å². The van der Waals surface area contributed by atoms with Crippen LogP contribution in [0.1, 0.15) is 27.8 Å². The minimum absolute atomic E-state index is 0.0223. The van der Waals surface area contributed by atoms with Gasteiger partial charge in [-0.2, -0.15) is 8.42 Å². The lowest BCUT2D eigenvalue weighted by Crippen LogP contribution is -2.49. The van der Waals surface area contributed by atoms with Gasteiger partial charge >= 0.3 is 34.0 Å². The van der Waals surface area contributed by atoms with Gasteiger partial charge in [0.2, 0.25) is 0 Å². The molecule has 1 heterocycles. The zero-order valence-electron chi connectivity index (χ0n) is 21.5. The van der Waals surface area contributed by atoms with Gasteiger partial charge in [0.05, 0.1) is 26.2 Å². The number of para-hydroxylation sites is 1. The molecule has 0 radical (unpaired) electrons. The SMILES string of the molecule is Cc1cc([C@]2(CN(CC(=O)O)CC(=O)O)c3ccccc3OS2(=O)=O)c(C)c(CN(CC(=O)O)CC(=O)O)c1O. The molecule has 2 aromatic rings. The van der Waals surface area contributed by atoms with Crippen LogP contribution in [-0.4, -0.2) is 100 Å². The van der Waals surface area contributed by atoms with E-state index in [1.165, 1.54) is 44.2 Å². The Morgan fingerprint density at radius 3 is 1.85 bits per heavy atom. The van der Waals surface area contributed by atoms with Crippen molar-refractivity contribution < 1.29 is 57.3 Å². The summed E-state index contributed by atoms with van der Waals surface area (Å²) >= 11 is 0. The molecule has 0 aromatic heterocycles. The number of aromatic hydroxyl groups is 1. The monoisotopic (exact) mass is 580 g/mol. The van der Waals surface area contributed by atoms with Gasteiger partial charge in [-0.3, -0.25) is 29.0 Å². The zero-order chi connectivity index (χ0) is 30.0. The number of aliphatic carboxylic acids is 4. The van der Waals surface area contributed by atoms with Crippen LogP contribution in [0, 0.1) is 13.8 Å². The molecule has 0 amide bonds. The fraction of sp³-hybridized carbons (Fsp3) is 0.360. The summed E-state index contributed by atoms with van der Waals surface area (Å²) in [5.74, 6) is -5.85. The molecule has 0 bridgehead atoms. The van der Waals surface area contributed by atoms with Crippen LogP contribution in [0.2, 0.25) is 0 Å². The van der Waals surface area contributed by atoms with E-state index in [9.17, 15) is 53.1 Å². The average molecular weight is 581 g/mol. The lowest BCUT2D eigenvalue weighted by molar-refractivity contribution is -0.144. The highest BCUT2D eigenvalue weighted by Crippen LogP contribution is 2.51. The third kappa shape index (κ3) is 6.00. The van der Waals surface area contributed by atoms with Crippen LogP contribution >= 0.6 is 0 Å². The first-order valence-corrected chi connectivity index (χ1v) is 13.2. The van der Waals surface area contributed by atoms with Gasteiger partial charge < -0.3 is 29.7 Å². The molecular formula is C25H28N2O12S. The molecule has 3 rings (SSSR count). The van der Waals surface area contributed by atoms with Crippen LogP contribution in [0.5, 0.6) is 11.5 Å². The van der Waals surface area contributed by atoms with E-state index in [0.717, 1.165) is 9.80 Å². The number of carboxylic acids is 4. The van der Waals surface area contributed by atoms with E-state index in [1.54, 1.807) is 0 Å². The van der Waals surface area contributed by atoms with Crippen molar-refractivity contribution in [2.75, 3.05) is 32.7 Å². The summed E-state index contributed by atoms with van der Waals surface area (Å²) in [6, 6.07) is 7.24. The molecule has 0 aliphatic carbocycles. The summed E-state index contributed by atoms with van der Waals surface area (Å²) in [6.07, 6.45) is 0. The topological polar surface area (TPSA) is 219 Å². The summed E-state index contributed by atoms with van der Waals surface area (Å²) in [6.45, 7) is -1.20. The fourth-order valence-corrected chi connectivity index (χ4v) is 6.73. The summed E-state index contributed by atoms with van der Waals surface area (Å²) in [5.41, 5.74) is 0.456. The smallest absolute Gasteiger partial charge is 0.325 e. The number of benzene rings is 2. The maximum Gasteiger partial charge on any atom is 0.325 e. The lowest BCUT2D eigenvalue weighted by Gasteiger charge is -2.35. The highest BCUT2D eigenvalue weighted by molar-refractivity contribution is 7.88. The minimum atomic E-state index is -4.67. The Morgan fingerprint density at radius 2 is 1.32 bits per heavy atom. The van der Waals surface area contributed by atoms with E-state index >= 15 is 0 Å². The van der Waals surface area contributed by atoms with Crippen molar-refractivity contribution >= 4 is 34.0 Å². The van der Waals surface area contributed by atoms with Crippen molar-refractivity contribution in [2.45, 2.75) is 25.1 Å². The first kappa shape index (κ1) is 30.3. The second-order valence-electron chi connectivity index (χ2n) is 9.42. The Kier molecular flexibility index (Phi) is 8.72. The van der Waals surface area contributed by atoms with E-state index in [0.29, 0.717) is 0 Å². The molecule has 1 aliphatic rings. The summed E-state index contributed by atoms with van der Waals surface area (Å²) in [5, 5.41) is 48.3. The molecule has 216 valence electrons. The Balaban J connectivity index is 2.34. The van der Waals surface area contributed by atoms with Crippen LogP contribution in [0.3, 0.4) is 0 Å². The molecule has 0 spiro atoms. The standard InChI is InChI=1S/C25H28N2O12S/c1-14-7-18(15(2)16(24(14)36)8-26(9-20(28)29)10-21(30)31)25(13-27(11-22(32)33)12-23(34)35)17-5-3-4-6-19(17)39-40(25,37)38/h3-7,36H,8-13H2,1-2H3,(H,28,29)(H,30,31)(H,32,33)(H,34,35)/t25-/m0/s1. The highest BCUT2D eigenvalue weighted by Gasteiger charge is 2.57. The molecule has 0 saturated carbocycles. The number of hydrogen-bond acceptors (Lipinski definition) is 10. The maximum atomic E-state index is 13.8. The van der Waals surface area contributed by atoms with Gasteiger partial charge in [0, 0.05) is 24.2 Å². The van der Waals surface area contributed by atoms with Gasteiger partial charge in [0.15, 0.2) is 4.75 Å². The Hall–Kier alpha value is -4.21. The second kappa shape index (κ2) is 11.5. The van der Waals surface area contributed by atoms with Crippen molar-refractivity contribution in [1.29, 1.82) is 0 Å². The van der Waals surface area contributed by atoms with E-state index in [4.69, 9.17) is 4.18 Å². The Labute approximate surface area is 228 Å². The van der Waals surface area contributed by atoms with Crippen molar-refractivity contribution in [1.82, 2.24) is 9.80 Å². The fourth-order valence-electron chi connectivity index (χ4n) is 4.95. The predicted molar refractivity (Wildman–Crippen MR) is 137 cm³/mol. The normalized spacial score (nSPS) is 17.4. The first-order chi connectivity index (χ1) is 18.6. The molecule has 1 atom stereocenters. The quantitative estimate of drug-likeness (QED) is 0.203. The van der Waals surface area contributed by atoms with Crippen LogP contribution in [0.4, 0.5) is 0 Å². The molecule has 0 unspecified atom stereocenters. The van der Waals surface area contributed by atoms with E-state index in [-0.39, 0.29) is 39.3 Å². The maximum absolute atomic E-state index is 13.8. The highest BCUT2D eigenvalue weighted by atomic mass is 32.2.